The van der Waals surface area contributed by atoms with Gasteiger partial charge in [0.2, 0.25) is 5.95 Å². The maximum atomic E-state index is 12.5. The van der Waals surface area contributed by atoms with Gasteiger partial charge >= 0.3 is 6.18 Å². The van der Waals surface area contributed by atoms with E-state index in [4.69, 9.17) is 17.3 Å². The van der Waals surface area contributed by atoms with Crippen LogP contribution in [0.2, 0.25) is 5.02 Å². The molecule has 2 rings (SSSR count). The van der Waals surface area contributed by atoms with Gasteiger partial charge in [-0.1, -0.05) is 11.6 Å². The Bertz CT molecular complexity index is 601. The molecule has 0 atom stereocenters. The minimum Gasteiger partial charge on any atom is -0.384 e. The van der Waals surface area contributed by atoms with Crippen LogP contribution in [0.25, 0.3) is 0 Å². The SMILES string of the molecule is Nc1ccnc(Nc2ccc(C(F)(F)F)cc2Cl)n1. The molecule has 2 aromatic rings. The highest BCUT2D eigenvalue weighted by molar-refractivity contribution is 6.33. The molecule has 1 aromatic carbocycles. The maximum absolute atomic E-state index is 12.5. The molecule has 3 N–H and O–H groups in total. The molecule has 19 heavy (non-hydrogen) atoms. The van der Waals surface area contributed by atoms with Crippen molar-refractivity contribution in [1.29, 1.82) is 0 Å². The molecule has 4 nitrogen and oxygen atoms in total. The molecule has 0 amide bonds. The van der Waals surface area contributed by atoms with Gasteiger partial charge in [-0.25, -0.2) is 4.98 Å². The molecule has 0 saturated heterocycles. The number of rotatable bonds is 2. The Hall–Kier alpha value is -2.02. The van der Waals surface area contributed by atoms with E-state index in [1.807, 2.05) is 0 Å². The smallest absolute Gasteiger partial charge is 0.384 e. The average molecular weight is 289 g/mol. The lowest BCUT2D eigenvalue weighted by Crippen LogP contribution is -2.05. The molecule has 8 heteroatoms. The summed E-state index contributed by atoms with van der Waals surface area (Å²) in [4.78, 5) is 7.72. The second-order valence-electron chi connectivity index (χ2n) is 3.62. The zero-order valence-corrected chi connectivity index (χ0v) is 10.1. The predicted octanol–water partition coefficient (Wildman–Crippen LogP) is 3.47. The Labute approximate surface area is 111 Å². The van der Waals surface area contributed by atoms with Gasteiger partial charge < -0.3 is 11.1 Å². The Balaban J connectivity index is 2.27. The molecule has 0 radical (unpaired) electrons. The van der Waals surface area contributed by atoms with Crippen molar-refractivity contribution in [2.45, 2.75) is 6.18 Å². The molecule has 0 spiro atoms. The molecule has 1 heterocycles. The van der Waals surface area contributed by atoms with E-state index in [9.17, 15) is 13.2 Å². The summed E-state index contributed by atoms with van der Waals surface area (Å²) >= 11 is 5.78. The number of nitrogen functional groups attached to an aromatic ring is 1. The molecule has 1 aromatic heterocycles. The molecule has 0 unspecified atom stereocenters. The molecule has 100 valence electrons. The number of benzene rings is 1. The first-order valence-corrected chi connectivity index (χ1v) is 5.46. The lowest BCUT2D eigenvalue weighted by atomic mass is 10.2. The highest BCUT2D eigenvalue weighted by Crippen LogP contribution is 2.34. The van der Waals surface area contributed by atoms with Crippen molar-refractivity contribution in [2.24, 2.45) is 0 Å². The van der Waals surface area contributed by atoms with Gasteiger partial charge in [0.25, 0.3) is 0 Å². The fraction of sp³-hybridized carbons (Fsp3) is 0.0909. The van der Waals surface area contributed by atoms with Crippen LogP contribution in [0.5, 0.6) is 0 Å². The molecular formula is C11H8ClF3N4. The van der Waals surface area contributed by atoms with Gasteiger partial charge in [0.1, 0.15) is 5.82 Å². The number of anilines is 3. The Morgan fingerprint density at radius 3 is 2.53 bits per heavy atom. The summed E-state index contributed by atoms with van der Waals surface area (Å²) in [6.07, 6.45) is -3.02. The Morgan fingerprint density at radius 1 is 1.21 bits per heavy atom. The van der Waals surface area contributed by atoms with Crippen LogP contribution in [-0.2, 0) is 6.18 Å². The van der Waals surface area contributed by atoms with E-state index < -0.39 is 11.7 Å². The number of alkyl halides is 3. The first-order valence-electron chi connectivity index (χ1n) is 5.08. The third-order valence-electron chi connectivity index (χ3n) is 2.22. The van der Waals surface area contributed by atoms with Crippen molar-refractivity contribution >= 4 is 29.1 Å². The topological polar surface area (TPSA) is 63.8 Å². The Kier molecular flexibility index (Phi) is 3.48. The van der Waals surface area contributed by atoms with E-state index in [0.717, 1.165) is 12.1 Å². The second kappa shape index (κ2) is 4.93. The lowest BCUT2D eigenvalue weighted by Gasteiger charge is -2.10. The van der Waals surface area contributed by atoms with Crippen molar-refractivity contribution in [1.82, 2.24) is 9.97 Å². The maximum Gasteiger partial charge on any atom is 0.416 e. The van der Waals surface area contributed by atoms with Crippen LogP contribution < -0.4 is 11.1 Å². The number of nitrogens with two attached hydrogens (primary N) is 1. The summed E-state index contributed by atoms with van der Waals surface area (Å²) in [5.41, 5.74) is 4.90. The monoisotopic (exact) mass is 288 g/mol. The summed E-state index contributed by atoms with van der Waals surface area (Å²) < 4.78 is 37.4. The minimum atomic E-state index is -4.43. The zero-order valence-electron chi connectivity index (χ0n) is 9.37. The average Bonchev–Trinajstić information content (AvgIpc) is 2.30. The van der Waals surface area contributed by atoms with E-state index in [1.165, 1.54) is 18.3 Å². The standard InChI is InChI=1S/C11H8ClF3N4/c12-7-5-6(11(13,14)15)1-2-8(7)18-10-17-4-3-9(16)19-10/h1-5H,(H3,16,17,18,19). The molecule has 0 bridgehead atoms. The summed E-state index contributed by atoms with van der Waals surface area (Å²) in [6, 6.07) is 4.44. The van der Waals surface area contributed by atoms with E-state index in [2.05, 4.69) is 15.3 Å². The Morgan fingerprint density at radius 2 is 1.95 bits per heavy atom. The summed E-state index contributed by atoms with van der Waals surface area (Å²) in [7, 11) is 0. The molecule has 0 aliphatic rings. The van der Waals surface area contributed by atoms with Gasteiger partial charge in [-0.3, -0.25) is 0 Å². The highest BCUT2D eigenvalue weighted by atomic mass is 35.5. The van der Waals surface area contributed by atoms with Crippen LogP contribution >= 0.6 is 11.6 Å². The molecule has 0 aliphatic carbocycles. The molecular weight excluding hydrogens is 281 g/mol. The number of nitrogens with one attached hydrogen (secondary N) is 1. The normalized spacial score (nSPS) is 11.4. The third-order valence-corrected chi connectivity index (χ3v) is 2.53. The molecule has 0 fully saturated rings. The van der Waals surface area contributed by atoms with E-state index in [1.54, 1.807) is 0 Å². The zero-order chi connectivity index (χ0) is 14.0. The first-order chi connectivity index (χ1) is 8.86. The van der Waals surface area contributed by atoms with Crippen molar-refractivity contribution < 1.29 is 13.2 Å². The number of halogens is 4. The van der Waals surface area contributed by atoms with Crippen LogP contribution in [0, 0.1) is 0 Å². The van der Waals surface area contributed by atoms with E-state index in [-0.39, 0.29) is 22.5 Å². The van der Waals surface area contributed by atoms with Crippen molar-refractivity contribution in [3.8, 4) is 0 Å². The number of aromatic nitrogens is 2. The summed E-state index contributed by atoms with van der Waals surface area (Å²) in [6.45, 7) is 0. The first kappa shape index (κ1) is 13.4. The number of hydrogen-bond donors (Lipinski definition) is 2. The van der Waals surface area contributed by atoms with Crippen LogP contribution in [0.3, 0.4) is 0 Å². The van der Waals surface area contributed by atoms with Crippen LogP contribution in [0.15, 0.2) is 30.5 Å². The molecule has 0 aliphatic heterocycles. The minimum absolute atomic E-state index is 0.0825. The predicted molar refractivity (Wildman–Crippen MR) is 66.2 cm³/mol. The number of nitrogens with zero attached hydrogens (tertiary/aromatic N) is 2. The summed E-state index contributed by atoms with van der Waals surface area (Å²) in [5.74, 6) is 0.391. The largest absolute Gasteiger partial charge is 0.416 e. The fourth-order valence-electron chi connectivity index (χ4n) is 1.35. The van der Waals surface area contributed by atoms with Gasteiger partial charge in [0.15, 0.2) is 0 Å². The van der Waals surface area contributed by atoms with Crippen LogP contribution in [0.4, 0.5) is 30.6 Å². The third kappa shape index (κ3) is 3.25. The van der Waals surface area contributed by atoms with Crippen molar-refractivity contribution in [2.75, 3.05) is 11.1 Å². The van der Waals surface area contributed by atoms with Crippen LogP contribution in [0.1, 0.15) is 5.56 Å². The van der Waals surface area contributed by atoms with Crippen molar-refractivity contribution in [3.05, 3.63) is 41.0 Å². The van der Waals surface area contributed by atoms with Gasteiger partial charge in [-0.15, -0.1) is 0 Å². The van der Waals surface area contributed by atoms with Crippen LogP contribution in [-0.4, -0.2) is 9.97 Å². The molecule has 0 saturated carbocycles. The summed E-state index contributed by atoms with van der Waals surface area (Å²) in [5, 5.41) is 2.61. The van der Waals surface area contributed by atoms with Gasteiger partial charge in [0, 0.05) is 6.20 Å². The second-order valence-corrected chi connectivity index (χ2v) is 4.03. The van der Waals surface area contributed by atoms with E-state index in [0.29, 0.717) is 0 Å². The van der Waals surface area contributed by atoms with Gasteiger partial charge in [-0.05, 0) is 24.3 Å². The van der Waals surface area contributed by atoms with Gasteiger partial charge in [-0.2, -0.15) is 18.2 Å². The van der Waals surface area contributed by atoms with Gasteiger partial charge in [0.05, 0.1) is 16.3 Å². The quantitative estimate of drug-likeness (QED) is 0.888. The lowest BCUT2D eigenvalue weighted by molar-refractivity contribution is -0.137. The highest BCUT2D eigenvalue weighted by Gasteiger charge is 2.30. The van der Waals surface area contributed by atoms with E-state index >= 15 is 0 Å². The van der Waals surface area contributed by atoms with Crippen molar-refractivity contribution in [3.63, 3.8) is 0 Å². The fourth-order valence-corrected chi connectivity index (χ4v) is 1.57. The number of hydrogen-bond acceptors (Lipinski definition) is 4.